The van der Waals surface area contributed by atoms with Crippen LogP contribution in [0.3, 0.4) is 0 Å². The van der Waals surface area contributed by atoms with E-state index in [-0.39, 0.29) is 0 Å². The lowest BCUT2D eigenvalue weighted by atomic mass is 10.2. The van der Waals surface area contributed by atoms with Crippen molar-refractivity contribution in [2.75, 3.05) is 19.6 Å². The fraction of sp³-hybridized carbons (Fsp3) is 0.429. The van der Waals surface area contributed by atoms with Gasteiger partial charge in [-0.05, 0) is 25.2 Å². The Labute approximate surface area is 93.1 Å². The van der Waals surface area contributed by atoms with Gasteiger partial charge >= 0.3 is 0 Å². The van der Waals surface area contributed by atoms with Crippen LogP contribution in [0.5, 0.6) is 0 Å². The number of benzene rings is 1. The smallest absolute Gasteiger partial charge is 0.0245 e. The summed E-state index contributed by atoms with van der Waals surface area (Å²) in [5.74, 6) is 6.38. The van der Waals surface area contributed by atoms with Crippen molar-refractivity contribution < 1.29 is 0 Å². The van der Waals surface area contributed by atoms with E-state index in [1.54, 1.807) is 0 Å². The number of hydrogen-bond acceptors (Lipinski definition) is 1. The predicted octanol–water partition coefficient (Wildman–Crippen LogP) is 2.77. The first-order valence-electron chi connectivity index (χ1n) is 5.63. The minimum atomic E-state index is 0.955. The molecular formula is C14H19N. The molecular weight excluding hydrogens is 182 g/mol. The van der Waals surface area contributed by atoms with Gasteiger partial charge in [0.05, 0.1) is 0 Å². The molecule has 1 aromatic rings. The maximum Gasteiger partial charge on any atom is 0.0245 e. The van der Waals surface area contributed by atoms with Gasteiger partial charge in [0.25, 0.3) is 0 Å². The molecule has 0 N–H and O–H groups in total. The lowest BCUT2D eigenvalue weighted by Gasteiger charge is -2.15. The van der Waals surface area contributed by atoms with E-state index in [0.717, 1.165) is 31.6 Å². The fourth-order valence-electron chi connectivity index (χ4n) is 1.44. The zero-order valence-electron chi connectivity index (χ0n) is 9.66. The highest BCUT2D eigenvalue weighted by Gasteiger charge is 1.94. The van der Waals surface area contributed by atoms with E-state index in [0.29, 0.717) is 0 Å². The highest BCUT2D eigenvalue weighted by Crippen LogP contribution is 1.95. The largest absolute Gasteiger partial charge is 0.303 e. The van der Waals surface area contributed by atoms with Crippen molar-refractivity contribution in [3.8, 4) is 11.8 Å². The van der Waals surface area contributed by atoms with Gasteiger partial charge in [-0.25, -0.2) is 0 Å². The fourth-order valence-corrected chi connectivity index (χ4v) is 1.44. The Kier molecular flexibility index (Phi) is 5.58. The molecule has 1 heteroatoms. The highest BCUT2D eigenvalue weighted by atomic mass is 15.1. The molecule has 1 nitrogen and oxygen atoms in total. The molecule has 0 aliphatic rings. The third kappa shape index (κ3) is 4.67. The maximum absolute atomic E-state index is 3.21. The molecule has 0 atom stereocenters. The van der Waals surface area contributed by atoms with Crippen LogP contribution in [0.25, 0.3) is 0 Å². The van der Waals surface area contributed by atoms with Crippen LogP contribution < -0.4 is 0 Å². The Morgan fingerprint density at radius 1 is 1.07 bits per heavy atom. The Balaban J connectivity index is 2.34. The maximum atomic E-state index is 3.21. The molecule has 0 aliphatic carbocycles. The van der Waals surface area contributed by atoms with Gasteiger partial charge in [-0.3, -0.25) is 0 Å². The summed E-state index contributed by atoms with van der Waals surface area (Å²) < 4.78 is 0. The van der Waals surface area contributed by atoms with Gasteiger partial charge < -0.3 is 4.90 Å². The van der Waals surface area contributed by atoms with E-state index in [1.807, 2.05) is 30.3 Å². The van der Waals surface area contributed by atoms with Gasteiger partial charge in [0, 0.05) is 18.5 Å². The molecule has 0 unspecified atom stereocenters. The first kappa shape index (κ1) is 11.8. The minimum absolute atomic E-state index is 0.955. The zero-order chi connectivity index (χ0) is 10.9. The van der Waals surface area contributed by atoms with Crippen molar-refractivity contribution in [1.29, 1.82) is 0 Å². The van der Waals surface area contributed by atoms with Crippen LogP contribution in [-0.4, -0.2) is 24.5 Å². The Morgan fingerprint density at radius 3 is 2.33 bits per heavy atom. The van der Waals surface area contributed by atoms with Crippen molar-refractivity contribution in [3.05, 3.63) is 35.9 Å². The van der Waals surface area contributed by atoms with Gasteiger partial charge in [-0.15, -0.1) is 0 Å². The van der Waals surface area contributed by atoms with Crippen LogP contribution >= 0.6 is 0 Å². The molecule has 0 heterocycles. The molecule has 0 saturated carbocycles. The third-order valence-electron chi connectivity index (χ3n) is 2.45. The van der Waals surface area contributed by atoms with Gasteiger partial charge in [0.2, 0.25) is 0 Å². The summed E-state index contributed by atoms with van der Waals surface area (Å²) in [5.41, 5.74) is 1.11. The monoisotopic (exact) mass is 201 g/mol. The summed E-state index contributed by atoms with van der Waals surface area (Å²) in [4.78, 5) is 2.39. The molecule has 0 aromatic heterocycles. The lowest BCUT2D eigenvalue weighted by Crippen LogP contribution is -2.23. The summed E-state index contributed by atoms with van der Waals surface area (Å²) in [7, 11) is 0. The molecule has 1 aromatic carbocycles. The van der Waals surface area contributed by atoms with E-state index in [1.165, 1.54) is 0 Å². The SMILES string of the molecule is CCN(CC)CCC#Cc1ccccc1. The summed E-state index contributed by atoms with van der Waals surface area (Å²) in [6, 6.07) is 10.2. The average molecular weight is 201 g/mol. The molecule has 0 saturated heterocycles. The standard InChI is InChI=1S/C14H19N/c1-3-15(4-2)13-9-8-12-14-10-6-5-7-11-14/h5-7,10-11H,3-4,9,13H2,1-2H3. The minimum Gasteiger partial charge on any atom is -0.303 e. The van der Waals surface area contributed by atoms with Crippen LogP contribution in [0.1, 0.15) is 25.8 Å². The zero-order valence-corrected chi connectivity index (χ0v) is 9.66. The van der Waals surface area contributed by atoms with Gasteiger partial charge in [-0.2, -0.15) is 0 Å². The van der Waals surface area contributed by atoms with E-state index >= 15 is 0 Å². The molecule has 0 fully saturated rings. The van der Waals surface area contributed by atoms with Crippen LogP contribution in [0.4, 0.5) is 0 Å². The van der Waals surface area contributed by atoms with E-state index < -0.39 is 0 Å². The molecule has 80 valence electrons. The van der Waals surface area contributed by atoms with E-state index in [9.17, 15) is 0 Å². The molecule has 0 bridgehead atoms. The second-order valence-corrected chi connectivity index (χ2v) is 3.44. The van der Waals surface area contributed by atoms with Crippen molar-refractivity contribution in [2.45, 2.75) is 20.3 Å². The summed E-state index contributed by atoms with van der Waals surface area (Å²) in [6.45, 7) is 7.68. The Hall–Kier alpha value is -1.26. The van der Waals surface area contributed by atoms with Crippen LogP contribution in [0.2, 0.25) is 0 Å². The average Bonchev–Trinajstić information content (AvgIpc) is 2.31. The molecule has 1 rings (SSSR count). The molecule has 0 spiro atoms. The van der Waals surface area contributed by atoms with Crippen molar-refractivity contribution in [2.24, 2.45) is 0 Å². The van der Waals surface area contributed by atoms with Gasteiger partial charge in [0.1, 0.15) is 0 Å². The number of rotatable bonds is 4. The quantitative estimate of drug-likeness (QED) is 0.677. The van der Waals surface area contributed by atoms with Gasteiger partial charge in [0.15, 0.2) is 0 Å². The van der Waals surface area contributed by atoms with Crippen LogP contribution in [-0.2, 0) is 0 Å². The molecule has 15 heavy (non-hydrogen) atoms. The van der Waals surface area contributed by atoms with Crippen LogP contribution in [0.15, 0.2) is 30.3 Å². The lowest BCUT2D eigenvalue weighted by molar-refractivity contribution is 0.312. The summed E-state index contributed by atoms with van der Waals surface area (Å²) >= 11 is 0. The number of hydrogen-bond donors (Lipinski definition) is 0. The summed E-state index contributed by atoms with van der Waals surface area (Å²) in [5, 5.41) is 0. The second-order valence-electron chi connectivity index (χ2n) is 3.44. The first-order chi connectivity index (χ1) is 7.36. The topological polar surface area (TPSA) is 3.24 Å². The number of nitrogens with zero attached hydrogens (tertiary/aromatic N) is 1. The highest BCUT2D eigenvalue weighted by molar-refractivity contribution is 5.33. The molecule has 0 radical (unpaired) electrons. The van der Waals surface area contributed by atoms with E-state index in [4.69, 9.17) is 0 Å². The van der Waals surface area contributed by atoms with Crippen molar-refractivity contribution in [1.82, 2.24) is 4.90 Å². The van der Waals surface area contributed by atoms with Crippen molar-refractivity contribution in [3.63, 3.8) is 0 Å². The molecule has 0 amide bonds. The second kappa shape index (κ2) is 7.09. The summed E-state index contributed by atoms with van der Waals surface area (Å²) in [6.07, 6.45) is 0.955. The third-order valence-corrected chi connectivity index (χ3v) is 2.45. The molecule has 0 aliphatic heterocycles. The Morgan fingerprint density at radius 2 is 1.73 bits per heavy atom. The van der Waals surface area contributed by atoms with Crippen LogP contribution in [0, 0.1) is 11.8 Å². The first-order valence-corrected chi connectivity index (χ1v) is 5.63. The Bertz CT molecular complexity index is 314. The normalized spacial score (nSPS) is 9.80. The van der Waals surface area contributed by atoms with E-state index in [2.05, 4.69) is 30.6 Å². The van der Waals surface area contributed by atoms with Crippen molar-refractivity contribution >= 4 is 0 Å². The van der Waals surface area contributed by atoms with Gasteiger partial charge in [-0.1, -0.05) is 43.9 Å². The predicted molar refractivity (Wildman–Crippen MR) is 65.7 cm³/mol.